The molecule has 5 heteroatoms. The summed E-state index contributed by atoms with van der Waals surface area (Å²) in [4.78, 5) is 16.5. The molecule has 0 bridgehead atoms. The molecule has 0 aliphatic rings. The Balaban J connectivity index is 2.31. The van der Waals surface area contributed by atoms with E-state index in [1.54, 1.807) is 6.07 Å². The molecule has 1 aromatic heterocycles. The van der Waals surface area contributed by atoms with E-state index >= 15 is 0 Å². The molecule has 4 N–H and O–H groups in total. The molecule has 5 nitrogen and oxygen atoms in total. The lowest BCUT2D eigenvalue weighted by molar-refractivity contribution is 0.0892. The third-order valence-electron chi connectivity index (χ3n) is 3.30. The molecular weight excluding hydrogens is 254 g/mol. The van der Waals surface area contributed by atoms with E-state index in [9.17, 15) is 9.90 Å². The van der Waals surface area contributed by atoms with Crippen LogP contribution in [-0.4, -0.2) is 28.6 Å². The summed E-state index contributed by atoms with van der Waals surface area (Å²) in [6.45, 7) is 3.76. The molecule has 0 fully saturated rings. The first-order chi connectivity index (χ1) is 9.52. The number of carbonyl (C=O) groups is 1. The number of hydrogen-bond donors (Lipinski definition) is 3. The molecule has 2 rings (SSSR count). The van der Waals surface area contributed by atoms with Gasteiger partial charge in [-0.3, -0.25) is 4.79 Å². The number of nitrogens with two attached hydrogens (primary N) is 1. The van der Waals surface area contributed by atoms with Crippen LogP contribution in [0.25, 0.3) is 10.9 Å². The van der Waals surface area contributed by atoms with Crippen molar-refractivity contribution < 1.29 is 9.90 Å². The van der Waals surface area contributed by atoms with Crippen LogP contribution in [-0.2, 0) is 0 Å². The lowest BCUT2D eigenvalue weighted by atomic mass is 10.1. The predicted molar refractivity (Wildman–Crippen MR) is 79.3 cm³/mol. The summed E-state index contributed by atoms with van der Waals surface area (Å²) < 4.78 is 0. The Morgan fingerprint density at radius 2 is 2.10 bits per heavy atom. The van der Waals surface area contributed by atoms with E-state index in [0.29, 0.717) is 11.2 Å². The molecule has 2 aromatic rings. The van der Waals surface area contributed by atoms with Gasteiger partial charge in [-0.2, -0.15) is 0 Å². The molecule has 1 amide bonds. The number of nitrogens with zero attached hydrogens (tertiary/aromatic N) is 1. The Morgan fingerprint density at radius 3 is 2.75 bits per heavy atom. The monoisotopic (exact) mass is 273 g/mol. The molecule has 0 saturated heterocycles. The number of benzene rings is 1. The van der Waals surface area contributed by atoms with Crippen LogP contribution in [0.2, 0.25) is 0 Å². The van der Waals surface area contributed by atoms with Crippen LogP contribution in [0.1, 0.15) is 24.3 Å². The fraction of sp³-hybridized carbons (Fsp3) is 0.333. The Morgan fingerprint density at radius 1 is 1.40 bits per heavy atom. The van der Waals surface area contributed by atoms with Gasteiger partial charge in [0, 0.05) is 11.1 Å². The first kappa shape index (κ1) is 14.3. The number of carbonyl (C=O) groups excluding carboxylic acids is 1. The van der Waals surface area contributed by atoms with Gasteiger partial charge in [0.2, 0.25) is 0 Å². The lowest BCUT2D eigenvalue weighted by Gasteiger charge is -2.19. The molecular formula is C15H19N3O2. The standard InChI is InChI=1S/C15H19N3O2/c1-9(2)14(8-19)18-15(20)13-7-11(16)10-5-3-4-6-12(10)17-13/h3-7,9,14,19H,8H2,1-2H3,(H2,16,17)(H,18,20)/t14-/m1/s1. The van der Waals surface area contributed by atoms with Crippen LogP contribution in [0.15, 0.2) is 30.3 Å². The van der Waals surface area contributed by atoms with Crippen molar-refractivity contribution in [2.45, 2.75) is 19.9 Å². The van der Waals surface area contributed by atoms with Gasteiger partial charge in [-0.05, 0) is 18.1 Å². The van der Waals surface area contributed by atoms with Crippen molar-refractivity contribution in [1.82, 2.24) is 10.3 Å². The Bertz CT molecular complexity index is 626. The fourth-order valence-electron chi connectivity index (χ4n) is 1.98. The Labute approximate surface area is 117 Å². The van der Waals surface area contributed by atoms with Crippen LogP contribution in [0.5, 0.6) is 0 Å². The van der Waals surface area contributed by atoms with E-state index in [1.807, 2.05) is 38.1 Å². The Hall–Kier alpha value is -2.14. The summed E-state index contributed by atoms with van der Waals surface area (Å²) in [6, 6.07) is 8.67. The molecule has 1 heterocycles. The van der Waals surface area contributed by atoms with Crippen molar-refractivity contribution in [3.8, 4) is 0 Å². The van der Waals surface area contributed by atoms with Gasteiger partial charge in [0.15, 0.2) is 0 Å². The van der Waals surface area contributed by atoms with Gasteiger partial charge >= 0.3 is 0 Å². The molecule has 106 valence electrons. The number of hydrogen-bond acceptors (Lipinski definition) is 4. The zero-order valence-electron chi connectivity index (χ0n) is 11.6. The summed E-state index contributed by atoms with van der Waals surface area (Å²) in [6.07, 6.45) is 0. The summed E-state index contributed by atoms with van der Waals surface area (Å²) >= 11 is 0. The smallest absolute Gasteiger partial charge is 0.270 e. The van der Waals surface area contributed by atoms with E-state index in [4.69, 9.17) is 5.73 Å². The summed E-state index contributed by atoms with van der Waals surface area (Å²) in [5.41, 5.74) is 7.42. The number of anilines is 1. The summed E-state index contributed by atoms with van der Waals surface area (Å²) in [5.74, 6) is -0.183. The number of aliphatic hydroxyl groups excluding tert-OH is 1. The van der Waals surface area contributed by atoms with Crippen molar-refractivity contribution in [2.75, 3.05) is 12.3 Å². The molecule has 1 atom stereocenters. The van der Waals surface area contributed by atoms with Gasteiger partial charge in [-0.15, -0.1) is 0 Å². The third kappa shape index (κ3) is 2.88. The molecule has 0 spiro atoms. The van der Waals surface area contributed by atoms with Gasteiger partial charge in [0.05, 0.1) is 18.2 Å². The second-order valence-electron chi connectivity index (χ2n) is 5.12. The second kappa shape index (κ2) is 5.88. The van der Waals surface area contributed by atoms with Gasteiger partial charge in [-0.1, -0.05) is 32.0 Å². The molecule has 1 aromatic carbocycles. The van der Waals surface area contributed by atoms with Crippen molar-refractivity contribution in [1.29, 1.82) is 0 Å². The van der Waals surface area contributed by atoms with Crippen LogP contribution in [0, 0.1) is 5.92 Å². The summed E-state index contributed by atoms with van der Waals surface area (Å²) in [7, 11) is 0. The molecule has 20 heavy (non-hydrogen) atoms. The van der Waals surface area contributed by atoms with Gasteiger partial charge < -0.3 is 16.2 Å². The van der Waals surface area contributed by atoms with Gasteiger partial charge in [-0.25, -0.2) is 4.98 Å². The second-order valence-corrected chi connectivity index (χ2v) is 5.12. The molecule has 0 unspecified atom stereocenters. The number of para-hydroxylation sites is 1. The minimum Gasteiger partial charge on any atom is -0.398 e. The van der Waals surface area contributed by atoms with Crippen LogP contribution >= 0.6 is 0 Å². The maximum Gasteiger partial charge on any atom is 0.270 e. The average Bonchev–Trinajstić information content (AvgIpc) is 2.44. The number of aliphatic hydroxyl groups is 1. The number of amides is 1. The van der Waals surface area contributed by atoms with Crippen molar-refractivity contribution >= 4 is 22.5 Å². The maximum atomic E-state index is 12.2. The quantitative estimate of drug-likeness (QED) is 0.789. The third-order valence-corrected chi connectivity index (χ3v) is 3.30. The predicted octanol–water partition coefficient (Wildman–Crippen LogP) is 1.56. The van der Waals surface area contributed by atoms with E-state index < -0.39 is 0 Å². The van der Waals surface area contributed by atoms with Crippen molar-refractivity contribution in [3.63, 3.8) is 0 Å². The highest BCUT2D eigenvalue weighted by Gasteiger charge is 2.17. The normalized spacial score (nSPS) is 12.6. The highest BCUT2D eigenvalue weighted by Crippen LogP contribution is 2.20. The number of aromatic nitrogens is 1. The SMILES string of the molecule is CC(C)[C@@H](CO)NC(=O)c1cc(N)c2ccccc2n1. The highest BCUT2D eigenvalue weighted by atomic mass is 16.3. The molecule has 0 radical (unpaired) electrons. The number of rotatable bonds is 4. The number of pyridine rings is 1. The highest BCUT2D eigenvalue weighted by molar-refractivity contribution is 5.99. The minimum absolute atomic E-state index is 0.105. The fourth-order valence-corrected chi connectivity index (χ4v) is 1.98. The van der Waals surface area contributed by atoms with Gasteiger partial charge in [0.1, 0.15) is 5.69 Å². The number of nitrogens with one attached hydrogen (secondary N) is 1. The van der Waals surface area contributed by atoms with Crippen molar-refractivity contribution in [2.24, 2.45) is 5.92 Å². The van der Waals surface area contributed by atoms with E-state index in [-0.39, 0.29) is 30.2 Å². The zero-order chi connectivity index (χ0) is 14.7. The lowest BCUT2D eigenvalue weighted by Crippen LogP contribution is -2.41. The largest absolute Gasteiger partial charge is 0.398 e. The Kier molecular flexibility index (Phi) is 4.20. The van der Waals surface area contributed by atoms with E-state index in [2.05, 4.69) is 10.3 Å². The number of fused-ring (bicyclic) bond motifs is 1. The zero-order valence-corrected chi connectivity index (χ0v) is 11.6. The minimum atomic E-state index is -0.324. The topological polar surface area (TPSA) is 88.2 Å². The first-order valence-electron chi connectivity index (χ1n) is 6.60. The van der Waals surface area contributed by atoms with Gasteiger partial charge in [0.25, 0.3) is 5.91 Å². The average molecular weight is 273 g/mol. The first-order valence-corrected chi connectivity index (χ1v) is 6.60. The molecule has 0 aliphatic heterocycles. The van der Waals surface area contributed by atoms with Crippen LogP contribution in [0.3, 0.4) is 0 Å². The molecule has 0 saturated carbocycles. The number of nitrogen functional groups attached to an aromatic ring is 1. The van der Waals surface area contributed by atoms with Crippen LogP contribution < -0.4 is 11.1 Å². The van der Waals surface area contributed by atoms with E-state index in [0.717, 1.165) is 5.39 Å². The van der Waals surface area contributed by atoms with Crippen molar-refractivity contribution in [3.05, 3.63) is 36.0 Å². The van der Waals surface area contributed by atoms with Crippen LogP contribution in [0.4, 0.5) is 5.69 Å². The molecule has 0 aliphatic carbocycles. The maximum absolute atomic E-state index is 12.2. The summed E-state index contributed by atoms with van der Waals surface area (Å²) in [5, 5.41) is 12.9. The van der Waals surface area contributed by atoms with E-state index in [1.165, 1.54) is 0 Å².